The molecule has 0 radical (unpaired) electrons. The van der Waals surface area contributed by atoms with E-state index in [1.54, 1.807) is 12.1 Å². The standard InChI is InChI=1S/C15H24N2O2/c1-4-17(5-2)15(19)9-10-16-12(3)13-7-6-8-14(18)11-13/h6-8,11-12,16,18H,4-5,9-10H2,1-3H3. The van der Waals surface area contributed by atoms with E-state index in [0.717, 1.165) is 18.7 Å². The largest absolute Gasteiger partial charge is 0.508 e. The Kier molecular flexibility index (Phi) is 6.36. The lowest BCUT2D eigenvalue weighted by Crippen LogP contribution is -2.33. The van der Waals surface area contributed by atoms with Gasteiger partial charge in [0.1, 0.15) is 5.75 Å². The Balaban J connectivity index is 2.39. The molecule has 1 amide bonds. The van der Waals surface area contributed by atoms with E-state index >= 15 is 0 Å². The number of nitrogens with one attached hydrogen (secondary N) is 1. The van der Waals surface area contributed by atoms with Crippen molar-refractivity contribution < 1.29 is 9.90 Å². The van der Waals surface area contributed by atoms with Crippen LogP contribution in [0.1, 0.15) is 38.8 Å². The molecule has 4 nitrogen and oxygen atoms in total. The summed E-state index contributed by atoms with van der Waals surface area (Å²) in [7, 11) is 0. The van der Waals surface area contributed by atoms with E-state index in [4.69, 9.17) is 0 Å². The fourth-order valence-electron chi connectivity index (χ4n) is 2.04. The van der Waals surface area contributed by atoms with Gasteiger partial charge < -0.3 is 15.3 Å². The highest BCUT2D eigenvalue weighted by Gasteiger charge is 2.10. The zero-order valence-corrected chi connectivity index (χ0v) is 12.0. The van der Waals surface area contributed by atoms with Crippen LogP contribution in [-0.4, -0.2) is 35.5 Å². The van der Waals surface area contributed by atoms with Crippen molar-refractivity contribution in [2.24, 2.45) is 0 Å². The number of aromatic hydroxyl groups is 1. The molecule has 0 heterocycles. The van der Waals surface area contributed by atoms with Gasteiger partial charge >= 0.3 is 0 Å². The molecule has 0 aliphatic rings. The van der Waals surface area contributed by atoms with Crippen LogP contribution in [0.2, 0.25) is 0 Å². The second-order valence-corrected chi connectivity index (χ2v) is 4.59. The molecule has 0 spiro atoms. The first kappa shape index (κ1) is 15.5. The van der Waals surface area contributed by atoms with Crippen molar-refractivity contribution in [3.05, 3.63) is 29.8 Å². The van der Waals surface area contributed by atoms with E-state index in [1.807, 2.05) is 37.8 Å². The van der Waals surface area contributed by atoms with Gasteiger partial charge in [-0.15, -0.1) is 0 Å². The molecule has 4 heteroatoms. The number of benzene rings is 1. The smallest absolute Gasteiger partial charge is 0.223 e. The Labute approximate surface area is 115 Å². The minimum atomic E-state index is 0.122. The maximum absolute atomic E-state index is 11.8. The van der Waals surface area contributed by atoms with Crippen molar-refractivity contribution in [2.75, 3.05) is 19.6 Å². The Morgan fingerprint density at radius 2 is 2.05 bits per heavy atom. The van der Waals surface area contributed by atoms with Crippen molar-refractivity contribution in [1.29, 1.82) is 0 Å². The molecule has 0 saturated heterocycles. The Morgan fingerprint density at radius 1 is 1.37 bits per heavy atom. The molecule has 106 valence electrons. The number of phenolic OH excluding ortho intramolecular Hbond substituents is 1. The predicted octanol–water partition coefficient (Wildman–Crippen LogP) is 2.30. The quantitative estimate of drug-likeness (QED) is 0.794. The van der Waals surface area contributed by atoms with Crippen LogP contribution in [0.25, 0.3) is 0 Å². The zero-order valence-electron chi connectivity index (χ0n) is 12.0. The average Bonchev–Trinajstić information content (AvgIpc) is 2.40. The number of amides is 1. The number of nitrogens with zero attached hydrogens (tertiary/aromatic N) is 1. The summed E-state index contributed by atoms with van der Waals surface area (Å²) in [6.45, 7) is 8.17. The van der Waals surface area contributed by atoms with Crippen molar-refractivity contribution in [3.8, 4) is 5.75 Å². The highest BCUT2D eigenvalue weighted by Crippen LogP contribution is 2.17. The first-order valence-corrected chi connectivity index (χ1v) is 6.88. The van der Waals surface area contributed by atoms with E-state index < -0.39 is 0 Å². The summed E-state index contributed by atoms with van der Waals surface area (Å²) in [4.78, 5) is 13.7. The van der Waals surface area contributed by atoms with Gasteiger partial charge in [-0.2, -0.15) is 0 Å². The van der Waals surface area contributed by atoms with Gasteiger partial charge in [0.15, 0.2) is 0 Å². The molecule has 1 aromatic carbocycles. The van der Waals surface area contributed by atoms with Crippen molar-refractivity contribution in [1.82, 2.24) is 10.2 Å². The van der Waals surface area contributed by atoms with Crippen LogP contribution in [0.5, 0.6) is 5.75 Å². The van der Waals surface area contributed by atoms with Crippen molar-refractivity contribution >= 4 is 5.91 Å². The first-order chi connectivity index (χ1) is 9.08. The van der Waals surface area contributed by atoms with Gasteiger partial charge in [-0.3, -0.25) is 4.79 Å². The van der Waals surface area contributed by atoms with Gasteiger partial charge in [0, 0.05) is 32.1 Å². The molecule has 1 unspecified atom stereocenters. The van der Waals surface area contributed by atoms with Gasteiger partial charge in [0.2, 0.25) is 5.91 Å². The fraction of sp³-hybridized carbons (Fsp3) is 0.533. The van der Waals surface area contributed by atoms with Crippen molar-refractivity contribution in [2.45, 2.75) is 33.2 Å². The van der Waals surface area contributed by atoms with Crippen LogP contribution in [0, 0.1) is 0 Å². The lowest BCUT2D eigenvalue weighted by Gasteiger charge is -2.20. The second kappa shape index (κ2) is 7.79. The summed E-state index contributed by atoms with van der Waals surface area (Å²) in [5.41, 5.74) is 1.02. The zero-order chi connectivity index (χ0) is 14.3. The Hall–Kier alpha value is -1.55. The molecule has 0 fully saturated rings. The molecule has 0 saturated carbocycles. The molecular weight excluding hydrogens is 240 g/mol. The average molecular weight is 264 g/mol. The van der Waals surface area contributed by atoms with Gasteiger partial charge in [-0.05, 0) is 38.5 Å². The summed E-state index contributed by atoms with van der Waals surface area (Å²) in [5, 5.41) is 12.7. The minimum Gasteiger partial charge on any atom is -0.508 e. The van der Waals surface area contributed by atoms with Gasteiger partial charge in [0.05, 0.1) is 0 Å². The minimum absolute atomic E-state index is 0.122. The van der Waals surface area contributed by atoms with Crippen LogP contribution in [0.15, 0.2) is 24.3 Å². The fourth-order valence-corrected chi connectivity index (χ4v) is 2.04. The normalized spacial score (nSPS) is 12.2. The van der Waals surface area contributed by atoms with Crippen LogP contribution in [-0.2, 0) is 4.79 Å². The third kappa shape index (κ3) is 4.91. The Morgan fingerprint density at radius 3 is 2.63 bits per heavy atom. The van der Waals surface area contributed by atoms with E-state index in [9.17, 15) is 9.90 Å². The molecule has 0 aliphatic heterocycles. The molecule has 19 heavy (non-hydrogen) atoms. The van der Waals surface area contributed by atoms with Crippen LogP contribution in [0.4, 0.5) is 0 Å². The SMILES string of the molecule is CCN(CC)C(=O)CCNC(C)c1cccc(O)c1. The van der Waals surface area contributed by atoms with E-state index in [-0.39, 0.29) is 17.7 Å². The molecule has 0 bridgehead atoms. The summed E-state index contributed by atoms with van der Waals surface area (Å²) in [5.74, 6) is 0.450. The van der Waals surface area contributed by atoms with Crippen LogP contribution < -0.4 is 5.32 Å². The summed E-state index contributed by atoms with van der Waals surface area (Å²) in [6.07, 6.45) is 0.505. The highest BCUT2D eigenvalue weighted by molar-refractivity contribution is 5.76. The molecule has 1 aromatic rings. The van der Waals surface area contributed by atoms with Crippen LogP contribution in [0.3, 0.4) is 0 Å². The van der Waals surface area contributed by atoms with Gasteiger partial charge in [-0.1, -0.05) is 12.1 Å². The summed E-state index contributed by atoms with van der Waals surface area (Å²) in [6, 6.07) is 7.30. The summed E-state index contributed by atoms with van der Waals surface area (Å²) >= 11 is 0. The summed E-state index contributed by atoms with van der Waals surface area (Å²) < 4.78 is 0. The highest BCUT2D eigenvalue weighted by atomic mass is 16.3. The maximum Gasteiger partial charge on any atom is 0.223 e. The van der Waals surface area contributed by atoms with Gasteiger partial charge in [-0.25, -0.2) is 0 Å². The lowest BCUT2D eigenvalue weighted by atomic mass is 10.1. The van der Waals surface area contributed by atoms with E-state index in [1.165, 1.54) is 0 Å². The second-order valence-electron chi connectivity index (χ2n) is 4.59. The van der Waals surface area contributed by atoms with Crippen LogP contribution >= 0.6 is 0 Å². The van der Waals surface area contributed by atoms with Crippen molar-refractivity contribution in [3.63, 3.8) is 0 Å². The number of hydrogen-bond donors (Lipinski definition) is 2. The topological polar surface area (TPSA) is 52.6 Å². The third-order valence-corrected chi connectivity index (χ3v) is 3.28. The lowest BCUT2D eigenvalue weighted by molar-refractivity contribution is -0.130. The number of carbonyl (C=O) groups is 1. The predicted molar refractivity (Wildman–Crippen MR) is 77.1 cm³/mol. The number of hydrogen-bond acceptors (Lipinski definition) is 3. The number of carbonyl (C=O) groups excluding carboxylic acids is 1. The monoisotopic (exact) mass is 264 g/mol. The first-order valence-electron chi connectivity index (χ1n) is 6.88. The number of phenols is 1. The molecule has 0 aromatic heterocycles. The molecule has 1 rings (SSSR count). The van der Waals surface area contributed by atoms with Gasteiger partial charge in [0.25, 0.3) is 0 Å². The Bertz CT molecular complexity index is 403. The number of rotatable bonds is 7. The molecule has 0 aliphatic carbocycles. The maximum atomic E-state index is 11.8. The molecular formula is C15H24N2O2. The van der Waals surface area contributed by atoms with E-state index in [2.05, 4.69) is 5.32 Å². The molecule has 2 N–H and O–H groups in total. The van der Waals surface area contributed by atoms with E-state index in [0.29, 0.717) is 13.0 Å². The molecule has 1 atom stereocenters. The third-order valence-electron chi connectivity index (χ3n) is 3.28.